The van der Waals surface area contributed by atoms with Crippen LogP contribution in [0.25, 0.3) is 0 Å². The van der Waals surface area contributed by atoms with Crippen molar-refractivity contribution in [2.45, 2.75) is 23.4 Å². The molecule has 0 amide bonds. The smallest absolute Gasteiger partial charge is 0.203 e. The normalized spacial score (nSPS) is 12.9. The lowest BCUT2D eigenvalue weighted by atomic mass is 10.2. The quantitative estimate of drug-likeness (QED) is 0.233. The third-order valence-electron chi connectivity index (χ3n) is 4.89. The number of hydrogen-bond acceptors (Lipinski definition) is 3. The van der Waals surface area contributed by atoms with Crippen molar-refractivity contribution < 1.29 is 12.0 Å². The summed E-state index contributed by atoms with van der Waals surface area (Å²) in [4.78, 5) is 2.23. The molecule has 0 unspecified atom stereocenters. The van der Waals surface area contributed by atoms with E-state index in [0.29, 0.717) is 5.56 Å². The highest BCUT2D eigenvalue weighted by atomic mass is 35.6. The van der Waals surface area contributed by atoms with E-state index < -0.39 is 24.2 Å². The molecule has 0 aliphatic heterocycles. The number of alkyl halides is 3. The van der Waals surface area contributed by atoms with Crippen LogP contribution in [-0.4, -0.2) is 8.42 Å². The second-order valence-electron chi connectivity index (χ2n) is 7.04. The monoisotopic (exact) mass is 536 g/mol. The summed E-state index contributed by atoms with van der Waals surface area (Å²) in [7, 11) is -6.86. The minimum Gasteiger partial charge on any atom is -0.203 e. The van der Waals surface area contributed by atoms with Crippen LogP contribution in [0.5, 0.6) is 0 Å². The van der Waals surface area contributed by atoms with Crippen LogP contribution in [0.4, 0.5) is 0 Å². The van der Waals surface area contributed by atoms with Crippen LogP contribution in [0.15, 0.2) is 135 Å². The third kappa shape index (κ3) is 5.09. The SMILES string of the molecule is O=S(=O)(OS(c1ccccc1)(c1ccccc1)c1ccccc1)c1ccc(C(Cl)(Cl)Cl)cc1. The van der Waals surface area contributed by atoms with E-state index in [2.05, 4.69) is 0 Å². The molecular weight excluding hydrogens is 519 g/mol. The maximum Gasteiger partial charge on any atom is 0.307 e. The van der Waals surface area contributed by atoms with Crippen molar-refractivity contribution in [1.82, 2.24) is 0 Å². The highest BCUT2D eigenvalue weighted by Crippen LogP contribution is 2.70. The molecule has 0 saturated carbocycles. The molecule has 4 aromatic carbocycles. The summed E-state index contributed by atoms with van der Waals surface area (Å²) >= 11 is 17.8. The summed E-state index contributed by atoms with van der Waals surface area (Å²) in [6, 6.07) is 33.9. The van der Waals surface area contributed by atoms with E-state index in [4.69, 9.17) is 38.4 Å². The predicted molar refractivity (Wildman–Crippen MR) is 136 cm³/mol. The topological polar surface area (TPSA) is 43.4 Å². The van der Waals surface area contributed by atoms with Gasteiger partial charge in [-0.25, -0.2) is 3.63 Å². The molecule has 8 heteroatoms. The molecule has 0 atom stereocenters. The number of rotatable bonds is 6. The molecule has 0 N–H and O–H groups in total. The van der Waals surface area contributed by atoms with Crippen LogP contribution in [0.2, 0.25) is 0 Å². The van der Waals surface area contributed by atoms with Crippen LogP contribution in [0, 0.1) is 0 Å². The molecule has 33 heavy (non-hydrogen) atoms. The van der Waals surface area contributed by atoms with Gasteiger partial charge in [-0.3, -0.25) is 0 Å². The molecule has 0 spiro atoms. The van der Waals surface area contributed by atoms with Crippen LogP contribution >= 0.6 is 45.1 Å². The maximum atomic E-state index is 13.6. The van der Waals surface area contributed by atoms with E-state index in [1.807, 2.05) is 91.0 Å². The van der Waals surface area contributed by atoms with Gasteiger partial charge in [0, 0.05) is 20.2 Å². The molecule has 0 bridgehead atoms. The van der Waals surface area contributed by atoms with Gasteiger partial charge in [-0.15, -0.1) is 0 Å². The summed E-state index contributed by atoms with van der Waals surface area (Å²) < 4.78 is 31.9. The fourth-order valence-electron chi connectivity index (χ4n) is 3.35. The van der Waals surface area contributed by atoms with Gasteiger partial charge in [-0.2, -0.15) is 8.42 Å². The number of halogens is 3. The van der Waals surface area contributed by atoms with E-state index in [0.717, 1.165) is 14.7 Å². The van der Waals surface area contributed by atoms with Crippen LogP contribution < -0.4 is 0 Å². The van der Waals surface area contributed by atoms with E-state index in [1.165, 1.54) is 24.3 Å². The van der Waals surface area contributed by atoms with E-state index in [-0.39, 0.29) is 4.90 Å². The Hall–Kier alpha value is -1.99. The Morgan fingerprint density at radius 1 is 0.515 bits per heavy atom. The lowest BCUT2D eigenvalue weighted by molar-refractivity contribution is 0.508. The Morgan fingerprint density at radius 3 is 1.21 bits per heavy atom. The molecule has 0 aliphatic carbocycles. The molecular formula is C25H19Cl3O3S2. The molecule has 4 rings (SSSR count). The summed E-state index contributed by atoms with van der Waals surface area (Å²) in [6.45, 7) is 0. The summed E-state index contributed by atoms with van der Waals surface area (Å²) in [5, 5.41) is 0. The molecule has 170 valence electrons. The zero-order chi connectivity index (χ0) is 23.5. The van der Waals surface area contributed by atoms with Crippen molar-refractivity contribution in [2.24, 2.45) is 0 Å². The highest BCUT2D eigenvalue weighted by Gasteiger charge is 2.38. The fraction of sp³-hybridized carbons (Fsp3) is 0.0400. The van der Waals surface area contributed by atoms with Crippen molar-refractivity contribution in [1.29, 1.82) is 0 Å². The molecule has 3 nitrogen and oxygen atoms in total. The first-order chi connectivity index (χ1) is 15.7. The first-order valence-electron chi connectivity index (χ1n) is 9.85. The summed E-state index contributed by atoms with van der Waals surface area (Å²) in [5.74, 6) is 0. The number of benzene rings is 4. The van der Waals surface area contributed by atoms with Gasteiger partial charge in [0.1, 0.15) is 0 Å². The van der Waals surface area contributed by atoms with Gasteiger partial charge in [0.25, 0.3) is 0 Å². The summed E-state index contributed by atoms with van der Waals surface area (Å²) in [6.07, 6.45) is 0. The minimum atomic E-state index is -4.22. The third-order valence-corrected chi connectivity index (χ3v) is 10.7. The van der Waals surface area contributed by atoms with Gasteiger partial charge in [-0.05, 0) is 58.8 Å². The zero-order valence-corrected chi connectivity index (χ0v) is 21.0. The summed E-state index contributed by atoms with van der Waals surface area (Å²) in [5.41, 5.74) is 0.360. The van der Waals surface area contributed by atoms with E-state index in [9.17, 15) is 8.42 Å². The van der Waals surface area contributed by atoms with Gasteiger partial charge < -0.3 is 0 Å². The molecule has 0 aliphatic rings. The molecule has 0 radical (unpaired) electrons. The Bertz CT molecular complexity index is 1210. The Labute approximate surface area is 210 Å². The Balaban J connectivity index is 1.92. The molecule has 0 heterocycles. The van der Waals surface area contributed by atoms with Crippen LogP contribution in [-0.2, 0) is 17.5 Å². The van der Waals surface area contributed by atoms with Gasteiger partial charge in [0.05, 0.1) is 4.90 Å². The van der Waals surface area contributed by atoms with Gasteiger partial charge in [0.2, 0.25) is 3.79 Å². The lowest BCUT2D eigenvalue weighted by Gasteiger charge is -2.39. The van der Waals surface area contributed by atoms with Crippen LogP contribution in [0.1, 0.15) is 5.56 Å². The van der Waals surface area contributed by atoms with Crippen molar-refractivity contribution in [3.63, 3.8) is 0 Å². The second-order valence-corrected chi connectivity index (χ2v) is 13.8. The number of hydrogen-bond donors (Lipinski definition) is 0. The molecule has 0 fully saturated rings. The van der Waals surface area contributed by atoms with Gasteiger partial charge >= 0.3 is 10.1 Å². The minimum absolute atomic E-state index is 0.0276. The Kier molecular flexibility index (Phi) is 7.10. The maximum absolute atomic E-state index is 13.6. The van der Waals surface area contributed by atoms with Gasteiger partial charge in [-0.1, -0.05) is 102 Å². The second kappa shape index (κ2) is 9.71. The van der Waals surface area contributed by atoms with Crippen LogP contribution in [0.3, 0.4) is 0 Å². The van der Waals surface area contributed by atoms with E-state index >= 15 is 0 Å². The van der Waals surface area contributed by atoms with Crippen molar-refractivity contribution in [3.05, 3.63) is 121 Å². The first-order valence-corrected chi connectivity index (χ1v) is 14.0. The molecule has 4 aromatic rings. The van der Waals surface area contributed by atoms with Crippen molar-refractivity contribution >= 4 is 55.2 Å². The highest BCUT2D eigenvalue weighted by molar-refractivity contribution is 8.33. The Morgan fingerprint density at radius 2 is 0.879 bits per heavy atom. The predicted octanol–water partition coefficient (Wildman–Crippen LogP) is 8.12. The molecule has 0 aromatic heterocycles. The first kappa shape index (κ1) is 24.1. The standard InChI is InChI=1S/C25H19Cl3O3S2/c26-25(27,28)20-16-18-24(19-17-20)33(29,30)31-32(21-10-4-1-5-11-21,22-12-6-2-7-13-22)23-14-8-3-9-15-23/h1-19H. The van der Waals surface area contributed by atoms with Gasteiger partial charge in [0.15, 0.2) is 0 Å². The average Bonchev–Trinajstić information content (AvgIpc) is 2.84. The lowest BCUT2D eigenvalue weighted by Crippen LogP contribution is -2.14. The zero-order valence-electron chi connectivity index (χ0n) is 17.1. The largest absolute Gasteiger partial charge is 0.307 e. The molecule has 0 saturated heterocycles. The van der Waals surface area contributed by atoms with E-state index in [1.54, 1.807) is 0 Å². The fourth-order valence-corrected chi connectivity index (χ4v) is 8.96. The van der Waals surface area contributed by atoms with Crippen molar-refractivity contribution in [3.8, 4) is 0 Å². The van der Waals surface area contributed by atoms with Crippen molar-refractivity contribution in [2.75, 3.05) is 0 Å². The average molecular weight is 538 g/mol.